The van der Waals surface area contributed by atoms with Crippen LogP contribution in [-0.4, -0.2) is 204 Å². The molecule has 0 aliphatic heterocycles. The third kappa shape index (κ3) is 41.2. The van der Waals surface area contributed by atoms with Gasteiger partial charge in [-0.3, -0.25) is 88.1 Å². The van der Waals surface area contributed by atoms with E-state index in [1.54, 1.807) is 88.5 Å². The molecule has 0 aliphatic carbocycles. The lowest BCUT2D eigenvalue weighted by molar-refractivity contribution is -0.137. The number of unbranched alkanes of at least 4 members (excludes halogenated alkanes) is 9. The van der Waals surface area contributed by atoms with Crippen LogP contribution in [0.15, 0.2) is 60.8 Å². The van der Waals surface area contributed by atoms with E-state index in [1.807, 2.05) is 0 Å². The lowest BCUT2D eigenvalue weighted by Crippen LogP contribution is -2.62. The normalized spacial score (nSPS) is 14.0. The lowest BCUT2D eigenvalue weighted by atomic mass is 9.96. The Bertz CT molecular complexity index is 3940. The molecule has 0 bridgehead atoms. The molecule has 678 valence electrons. The van der Waals surface area contributed by atoms with E-state index in [9.17, 15) is 67.1 Å². The fraction of sp³-hybridized carbons (Fsp3) is 0.605. The first-order valence-corrected chi connectivity index (χ1v) is 42.0. The van der Waals surface area contributed by atoms with Gasteiger partial charge in [0.15, 0.2) is 17.9 Å². The van der Waals surface area contributed by atoms with E-state index >= 15 is 4.79 Å². The van der Waals surface area contributed by atoms with Crippen LogP contribution in [0.25, 0.3) is 10.9 Å². The first kappa shape index (κ1) is 104. The number of H-pyrrole nitrogens is 1. The number of carbonyl (C=O) groups excluding carboxylic acids is 15. The van der Waals surface area contributed by atoms with Crippen LogP contribution in [0, 0.1) is 28.1 Å². The number of nitrogens with two attached hydrogens (primary N) is 8. The third-order valence-corrected chi connectivity index (χ3v) is 20.3. The Labute approximate surface area is 712 Å². The zero-order chi connectivity index (χ0) is 90.8. The van der Waals surface area contributed by atoms with Crippen LogP contribution in [0.4, 0.5) is 0 Å². The van der Waals surface area contributed by atoms with Crippen molar-refractivity contribution in [3.63, 3.8) is 0 Å². The van der Waals surface area contributed by atoms with Crippen molar-refractivity contribution in [2.24, 2.45) is 57.7 Å². The minimum Gasteiger partial charge on any atom is -0.370 e. The van der Waals surface area contributed by atoms with Gasteiger partial charge in [-0.05, 0) is 113 Å². The van der Waals surface area contributed by atoms with Gasteiger partial charge in [-0.15, -0.1) is 0 Å². The molecule has 0 saturated carbocycles. The molecule has 3 rings (SSSR count). The molecule has 0 radical (unpaired) electrons. The summed E-state index contributed by atoms with van der Waals surface area (Å²) in [7, 11) is 0. The maximum atomic E-state index is 15.1. The number of aromatic nitrogens is 1. The molecule has 0 aliphatic rings. The third-order valence-electron chi connectivity index (χ3n) is 20.3. The van der Waals surface area contributed by atoms with Crippen LogP contribution in [0.2, 0.25) is 0 Å². The Morgan fingerprint density at radius 3 is 1.21 bits per heavy atom. The van der Waals surface area contributed by atoms with Crippen molar-refractivity contribution < 1.29 is 71.9 Å². The minimum absolute atomic E-state index is 0.00719. The zero-order valence-corrected chi connectivity index (χ0v) is 70.9. The number of amides is 15. The van der Waals surface area contributed by atoms with Gasteiger partial charge in [0.1, 0.15) is 66.5 Å². The minimum atomic E-state index is -1.93. The van der Waals surface area contributed by atoms with Crippen molar-refractivity contribution in [2.75, 3.05) is 26.2 Å². The van der Waals surface area contributed by atoms with Gasteiger partial charge in [0.2, 0.25) is 88.6 Å². The van der Waals surface area contributed by atoms with Crippen molar-refractivity contribution in [2.45, 2.75) is 274 Å². The smallest absolute Gasteiger partial charge is 0.243 e. The van der Waals surface area contributed by atoms with Crippen LogP contribution in [0.3, 0.4) is 0 Å². The highest BCUT2D eigenvalue weighted by atomic mass is 16.2. The number of hydrogen-bond acceptors (Lipinski definition) is 19. The predicted octanol–water partition coefficient (Wildman–Crippen LogP) is -2.28. The van der Waals surface area contributed by atoms with Gasteiger partial charge < -0.3 is 125 Å². The van der Waals surface area contributed by atoms with Crippen LogP contribution in [-0.2, 0) is 84.8 Å². The molecule has 0 fully saturated rings. The first-order chi connectivity index (χ1) is 58.0. The molecule has 12 atom stereocenters. The lowest BCUT2D eigenvalue weighted by Gasteiger charge is -2.30. The van der Waals surface area contributed by atoms with Crippen molar-refractivity contribution >= 4 is 117 Å². The summed E-state index contributed by atoms with van der Waals surface area (Å²) in [5.41, 5.74) is 46.6. The van der Waals surface area contributed by atoms with Crippen molar-refractivity contribution in [1.29, 1.82) is 16.2 Å². The van der Waals surface area contributed by atoms with E-state index in [0.717, 1.165) is 38.5 Å². The van der Waals surface area contributed by atoms with Gasteiger partial charge in [0, 0.05) is 68.8 Å². The summed E-state index contributed by atoms with van der Waals surface area (Å²) in [6, 6.07) is -1.07. The summed E-state index contributed by atoms with van der Waals surface area (Å²) in [5.74, 6) is -16.6. The van der Waals surface area contributed by atoms with Gasteiger partial charge in [-0.2, -0.15) is 0 Å². The Morgan fingerprint density at radius 2 is 0.754 bits per heavy atom. The zero-order valence-electron chi connectivity index (χ0n) is 70.9. The fourth-order valence-electron chi connectivity index (χ4n) is 13.2. The SMILES string of the molecule is CCCCCCCCCCCC(=O)N[C@@H](Cc1ccccc1)C(=O)N[C@@H](CCC(N)=O)C(=O)N[C@@H](Cc1c[nH]c2ccccc12)C(=O)N[C@@H](CCC(N)=O)C(=O)N[C@@H](CCCNC(=N)N)C(=O)N[C@@H](CC(N)=O)C(=O)N[C@H](C(=O)N[C@@H](CCCNC(=N)N)C(=O)N[C@@H](CCCCN)C(=O)N[C@H](C(=O)N[C@@H](CCCNC(=N)N)C(N)=O)C(C)C)[C@@H](C)CC. The predicted molar refractivity (Wildman–Crippen MR) is 460 cm³/mol. The van der Waals surface area contributed by atoms with Gasteiger partial charge in [0.05, 0.1) is 6.42 Å². The average Bonchev–Trinajstić information content (AvgIpc) is 1.67. The maximum absolute atomic E-state index is 15.1. The van der Waals surface area contributed by atoms with Gasteiger partial charge in [0.25, 0.3) is 0 Å². The number of para-hydroxylation sites is 1. The molecular weight excluding hydrogens is 1580 g/mol. The highest BCUT2D eigenvalue weighted by Gasteiger charge is 2.39. The van der Waals surface area contributed by atoms with Crippen molar-refractivity contribution in [3.8, 4) is 0 Å². The van der Waals surface area contributed by atoms with Crippen LogP contribution < -0.4 is 120 Å². The molecule has 1 heterocycles. The van der Waals surface area contributed by atoms with E-state index in [0.29, 0.717) is 34.9 Å². The second-order valence-electron chi connectivity index (χ2n) is 30.9. The highest BCUT2D eigenvalue weighted by Crippen LogP contribution is 2.21. The number of carbonyl (C=O) groups is 15. The average molecular weight is 1710 g/mol. The first-order valence-electron chi connectivity index (χ1n) is 42.0. The Kier molecular flexibility index (Phi) is 48.7. The monoisotopic (exact) mass is 1710 g/mol. The number of aromatic amines is 1. The number of primary amides is 4. The summed E-state index contributed by atoms with van der Waals surface area (Å²) < 4.78 is 0. The van der Waals surface area contributed by atoms with E-state index < -0.39 is 211 Å². The summed E-state index contributed by atoms with van der Waals surface area (Å²) in [6.45, 7) is 8.94. The fourth-order valence-corrected chi connectivity index (χ4v) is 13.2. The van der Waals surface area contributed by atoms with Gasteiger partial charge in [-0.1, -0.05) is 141 Å². The number of nitrogens with one attached hydrogen (secondary N) is 18. The Hall–Kier alpha value is -12.2. The van der Waals surface area contributed by atoms with E-state index in [-0.39, 0.29) is 109 Å². The summed E-state index contributed by atoms with van der Waals surface area (Å²) >= 11 is 0. The molecule has 34 N–H and O–H groups in total. The highest BCUT2D eigenvalue weighted by molar-refractivity contribution is 6.01. The largest absolute Gasteiger partial charge is 0.370 e. The maximum Gasteiger partial charge on any atom is 0.243 e. The number of hydrogen-bond donors (Lipinski definition) is 26. The molecule has 1 aromatic heterocycles. The molecule has 2 aromatic carbocycles. The topological polar surface area (TPSA) is 720 Å². The standard InChI is InChI=1S/C81H134N26O15/c1-6-8-9-10-11-12-13-14-18-34-65(111)97-59(43-49-26-16-15-17-27-49)74(118)101-58(36-38-63(84)109)72(116)104-60(44-50-46-96-52-29-20-19-28-51(50)52)75(119)102-57(35-37-62(83)108)71(115)100-55(32-24-41-94-80(89)90)70(114)105-61(45-64(85)110)76(120)107-67(48(5)7-2)78(122)103-56(33-25-42-95-81(91)92)69(113)99-54(30-21-22-39-82)73(117)106-66(47(3)4)77(121)98-53(68(86)112)31-23-40-93-79(87)88/h15-17,19-20,26-29,46-48,53-61,66-67,96H,6-14,18,21-25,30-45,82H2,1-5H3,(H2,83,108)(H2,84,109)(H2,85,110)(H2,86,112)(H,97,111)(H,98,121)(H,99,113)(H,100,115)(H,101,118)(H,102,119)(H,103,122)(H,104,116)(H,105,114)(H,106,117)(H,107,120)(H4,87,88,93)(H4,89,90,94)(H4,91,92,95)/t48-,53-,54-,55-,56-,57-,58-,59-,60-,61-,66-,67-/m0/s1. The van der Waals surface area contributed by atoms with Crippen molar-refractivity contribution in [3.05, 3.63) is 71.9 Å². The molecule has 3 aromatic rings. The summed E-state index contributed by atoms with van der Waals surface area (Å²) in [6.07, 6.45) is 8.18. The number of guanidine groups is 3. The number of benzene rings is 2. The summed E-state index contributed by atoms with van der Waals surface area (Å²) in [4.78, 5) is 214. The Balaban J connectivity index is 2.06. The second kappa shape index (κ2) is 57.1. The van der Waals surface area contributed by atoms with Gasteiger partial charge >= 0.3 is 0 Å². The molecule has 0 unspecified atom stereocenters. The van der Waals surface area contributed by atoms with Crippen LogP contribution in [0.5, 0.6) is 0 Å². The molecular formula is C81H134N26O15. The van der Waals surface area contributed by atoms with E-state index in [4.69, 9.17) is 62.1 Å². The molecule has 15 amide bonds. The molecule has 41 heteroatoms. The van der Waals surface area contributed by atoms with Gasteiger partial charge in [-0.25, -0.2) is 0 Å². The number of rotatable bonds is 63. The molecule has 122 heavy (non-hydrogen) atoms. The Morgan fingerprint density at radius 1 is 0.369 bits per heavy atom. The molecule has 0 saturated heterocycles. The molecule has 41 nitrogen and oxygen atoms in total. The van der Waals surface area contributed by atoms with E-state index in [1.165, 1.54) is 12.8 Å². The summed E-state index contributed by atoms with van der Waals surface area (Å²) in [5, 5.41) is 60.1. The van der Waals surface area contributed by atoms with Crippen molar-refractivity contribution in [1.82, 2.24) is 79.4 Å². The molecule has 0 spiro atoms. The van der Waals surface area contributed by atoms with Crippen LogP contribution in [0.1, 0.15) is 206 Å². The number of fused-ring (bicyclic) bond motifs is 1. The second-order valence-corrected chi connectivity index (χ2v) is 30.9. The quantitative estimate of drug-likeness (QED) is 0.0161. The van der Waals surface area contributed by atoms with E-state index in [2.05, 4.69) is 86.3 Å². The van der Waals surface area contributed by atoms with Crippen LogP contribution >= 0.6 is 0 Å².